The van der Waals surface area contributed by atoms with E-state index in [1.807, 2.05) is 42.7 Å². The van der Waals surface area contributed by atoms with Crippen LogP contribution in [0.2, 0.25) is 0 Å². The summed E-state index contributed by atoms with van der Waals surface area (Å²) in [7, 11) is 0. The second-order valence-corrected chi connectivity index (χ2v) is 15.6. The van der Waals surface area contributed by atoms with Crippen molar-refractivity contribution in [3.8, 4) is 39.6 Å². The van der Waals surface area contributed by atoms with Crippen LogP contribution in [0.4, 0.5) is 0 Å². The van der Waals surface area contributed by atoms with Crippen LogP contribution in [0.5, 0.6) is 5.75 Å². The van der Waals surface area contributed by atoms with E-state index >= 15 is 0 Å². The molecular weight excluding hydrogens is 603 g/mol. The number of hydrogen-bond donors (Lipinski definition) is 1. The zero-order chi connectivity index (χ0) is 34.7. The second-order valence-electron chi connectivity index (χ2n) is 15.6. The minimum atomic E-state index is -0.331. The second kappa shape index (κ2) is 11.7. The molecule has 0 radical (unpaired) electrons. The Morgan fingerprint density at radius 1 is 0.551 bits per heavy atom. The maximum atomic E-state index is 11.0. The molecule has 3 heterocycles. The summed E-state index contributed by atoms with van der Waals surface area (Å²) >= 11 is 0. The van der Waals surface area contributed by atoms with E-state index in [0.29, 0.717) is 17.0 Å². The van der Waals surface area contributed by atoms with Gasteiger partial charge in [0, 0.05) is 34.3 Å². The molecule has 0 unspecified atom stereocenters. The summed E-state index contributed by atoms with van der Waals surface area (Å²) in [6.45, 7) is 17.6. The van der Waals surface area contributed by atoms with E-state index in [4.69, 9.17) is 19.4 Å². The molecular formula is C44H43N3O2. The van der Waals surface area contributed by atoms with Crippen molar-refractivity contribution >= 4 is 22.0 Å². The van der Waals surface area contributed by atoms with Gasteiger partial charge in [-0.05, 0) is 93.2 Å². The van der Waals surface area contributed by atoms with Gasteiger partial charge < -0.3 is 9.52 Å². The first kappa shape index (κ1) is 32.3. The van der Waals surface area contributed by atoms with E-state index in [2.05, 4.69) is 116 Å². The smallest absolute Gasteiger partial charge is 0.231 e. The number of aromatic hydroxyl groups is 1. The van der Waals surface area contributed by atoms with Gasteiger partial charge in [-0.15, -0.1) is 0 Å². The van der Waals surface area contributed by atoms with Gasteiger partial charge >= 0.3 is 0 Å². The van der Waals surface area contributed by atoms with Gasteiger partial charge in [0.2, 0.25) is 5.89 Å². The Balaban J connectivity index is 1.47. The molecule has 5 nitrogen and oxygen atoms in total. The topological polar surface area (TPSA) is 72.0 Å². The van der Waals surface area contributed by atoms with Crippen LogP contribution in [0.3, 0.4) is 0 Å². The zero-order valence-electron chi connectivity index (χ0n) is 29.6. The monoisotopic (exact) mass is 645 g/mol. The number of pyridine rings is 2. The Labute approximate surface area is 288 Å². The van der Waals surface area contributed by atoms with Crippen molar-refractivity contribution in [3.63, 3.8) is 0 Å². The van der Waals surface area contributed by atoms with Crippen molar-refractivity contribution in [1.29, 1.82) is 0 Å². The van der Waals surface area contributed by atoms with E-state index in [9.17, 15) is 5.11 Å². The number of nitrogens with zero attached hydrogens (tertiary/aromatic N) is 3. The molecule has 0 aliphatic rings. The summed E-state index contributed by atoms with van der Waals surface area (Å²) in [5.41, 5.74) is 10.7. The first-order valence-corrected chi connectivity index (χ1v) is 16.9. The van der Waals surface area contributed by atoms with Crippen molar-refractivity contribution in [2.75, 3.05) is 0 Å². The molecule has 246 valence electrons. The van der Waals surface area contributed by atoms with Crippen molar-refractivity contribution in [3.05, 3.63) is 132 Å². The summed E-state index contributed by atoms with van der Waals surface area (Å²) in [6.07, 6.45) is 3.70. The number of oxazole rings is 1. The number of phenolic OH excluding ortho intramolecular Hbond substituents is 1. The maximum Gasteiger partial charge on any atom is 0.231 e. The molecule has 7 rings (SSSR count). The molecule has 0 saturated carbocycles. The summed E-state index contributed by atoms with van der Waals surface area (Å²) < 4.78 is 6.57. The average Bonchev–Trinajstić information content (AvgIpc) is 3.51. The predicted octanol–water partition coefficient (Wildman–Crippen LogP) is 11.4. The third-order valence-electron chi connectivity index (χ3n) is 9.72. The Kier molecular flexibility index (Phi) is 7.70. The molecule has 0 fully saturated rings. The van der Waals surface area contributed by atoms with E-state index in [1.165, 1.54) is 11.1 Å². The summed E-state index contributed by atoms with van der Waals surface area (Å²) in [5.74, 6) is 0.520. The highest BCUT2D eigenvalue weighted by atomic mass is 16.3. The minimum Gasteiger partial charge on any atom is -0.507 e. The van der Waals surface area contributed by atoms with Crippen LogP contribution < -0.4 is 0 Å². The molecule has 0 amide bonds. The number of hydrogen-bond acceptors (Lipinski definition) is 5. The fraction of sp³-hybridized carbons (Fsp3) is 0.250. The third-order valence-corrected chi connectivity index (χ3v) is 9.72. The Bertz CT molecular complexity index is 2340. The predicted molar refractivity (Wildman–Crippen MR) is 201 cm³/mol. The number of fused-ring (bicyclic) bond motifs is 2. The molecule has 0 saturated heterocycles. The van der Waals surface area contributed by atoms with Gasteiger partial charge in [-0.1, -0.05) is 97.9 Å². The van der Waals surface area contributed by atoms with Crippen LogP contribution in [-0.2, 0) is 16.2 Å². The largest absolute Gasteiger partial charge is 0.507 e. The molecule has 3 aromatic heterocycles. The van der Waals surface area contributed by atoms with Crippen LogP contribution in [-0.4, -0.2) is 20.1 Å². The highest BCUT2D eigenvalue weighted by molar-refractivity contribution is 5.97. The van der Waals surface area contributed by atoms with Crippen LogP contribution in [0.1, 0.15) is 77.6 Å². The van der Waals surface area contributed by atoms with Crippen LogP contribution >= 0.6 is 0 Å². The molecule has 0 spiro atoms. The van der Waals surface area contributed by atoms with Crippen molar-refractivity contribution < 1.29 is 9.52 Å². The number of aromatic nitrogens is 3. The highest BCUT2D eigenvalue weighted by Crippen LogP contribution is 2.42. The van der Waals surface area contributed by atoms with Crippen molar-refractivity contribution in [2.24, 2.45) is 0 Å². The third kappa shape index (κ3) is 5.99. The van der Waals surface area contributed by atoms with Crippen LogP contribution in [0.25, 0.3) is 55.8 Å². The number of phenols is 1. The lowest BCUT2D eigenvalue weighted by atomic mass is 9.77. The average molecular weight is 646 g/mol. The molecule has 0 bridgehead atoms. The van der Waals surface area contributed by atoms with Gasteiger partial charge in [-0.2, -0.15) is 0 Å². The van der Waals surface area contributed by atoms with Crippen molar-refractivity contribution in [2.45, 2.75) is 71.6 Å². The van der Waals surface area contributed by atoms with Gasteiger partial charge in [0.25, 0.3) is 0 Å². The molecule has 5 heteroatoms. The summed E-state index contributed by atoms with van der Waals surface area (Å²) in [6, 6.07) is 33.2. The van der Waals surface area contributed by atoms with Gasteiger partial charge in [-0.25, -0.2) is 4.98 Å². The lowest BCUT2D eigenvalue weighted by Crippen LogP contribution is -2.18. The molecule has 1 N–H and O–H groups in total. The highest BCUT2D eigenvalue weighted by Gasteiger charge is 2.27. The Morgan fingerprint density at radius 2 is 1.27 bits per heavy atom. The lowest BCUT2D eigenvalue weighted by Gasteiger charge is -2.26. The van der Waals surface area contributed by atoms with Gasteiger partial charge in [-0.3, -0.25) is 9.97 Å². The SMILES string of the molecule is CC(C)(C)c1ccc(O)c(-c2nc3c(-c4ccnc(-c5cc(C(C)(C)C)cc6cccnc56)c4)cc(C(C)(C)c4ccccc4)cc3o2)c1. The molecule has 0 aliphatic heterocycles. The van der Waals surface area contributed by atoms with Gasteiger partial charge in [0.1, 0.15) is 11.3 Å². The molecule has 0 atom stereocenters. The van der Waals surface area contributed by atoms with E-state index in [-0.39, 0.29) is 22.0 Å². The van der Waals surface area contributed by atoms with Gasteiger partial charge in [0.05, 0.1) is 16.8 Å². The quantitative estimate of drug-likeness (QED) is 0.202. The number of benzene rings is 4. The van der Waals surface area contributed by atoms with Gasteiger partial charge in [0.15, 0.2) is 5.58 Å². The molecule has 7 aromatic rings. The first-order chi connectivity index (χ1) is 23.2. The Morgan fingerprint density at radius 3 is 2.00 bits per heavy atom. The van der Waals surface area contributed by atoms with Crippen LogP contribution in [0.15, 0.2) is 114 Å². The molecule has 4 aromatic carbocycles. The number of rotatable bonds is 5. The fourth-order valence-electron chi connectivity index (χ4n) is 6.49. The van der Waals surface area contributed by atoms with Crippen molar-refractivity contribution in [1.82, 2.24) is 15.0 Å². The van der Waals surface area contributed by atoms with E-state index in [1.54, 1.807) is 6.07 Å². The van der Waals surface area contributed by atoms with Crippen LogP contribution in [0, 0.1) is 0 Å². The molecule has 0 aliphatic carbocycles. The first-order valence-electron chi connectivity index (χ1n) is 16.9. The normalized spacial score (nSPS) is 12.6. The summed E-state index contributed by atoms with van der Waals surface area (Å²) in [4.78, 5) is 14.8. The maximum absolute atomic E-state index is 11.0. The Hall–Kier alpha value is -5.29. The van der Waals surface area contributed by atoms with E-state index in [0.717, 1.165) is 49.9 Å². The zero-order valence-corrected chi connectivity index (χ0v) is 29.6. The minimum absolute atomic E-state index is 0.0487. The fourth-order valence-corrected chi connectivity index (χ4v) is 6.49. The lowest BCUT2D eigenvalue weighted by molar-refractivity contribution is 0.472. The van der Waals surface area contributed by atoms with E-state index < -0.39 is 0 Å². The molecule has 49 heavy (non-hydrogen) atoms. The standard InChI is InChI=1S/C44H43N3O2/c1-42(2,3)30-16-17-37(48)35(23-30)41-47-40-33(25-32(26-38(40)49-41)44(7,8)29-14-10-9-11-15-29)27-18-20-45-36(22-27)34-24-31(43(4,5)6)21-28-13-12-19-46-39(28)34/h9-26,48H,1-8H3. The summed E-state index contributed by atoms with van der Waals surface area (Å²) in [5, 5.41) is 12.1.